The zero-order valence-electron chi connectivity index (χ0n) is 19.9. The van der Waals surface area contributed by atoms with Crippen LogP contribution in [0.3, 0.4) is 0 Å². The van der Waals surface area contributed by atoms with Gasteiger partial charge in [-0.3, -0.25) is 9.59 Å². The monoisotopic (exact) mass is 490 g/mol. The summed E-state index contributed by atoms with van der Waals surface area (Å²) in [5.41, 5.74) is 3.08. The summed E-state index contributed by atoms with van der Waals surface area (Å²) in [6, 6.07) is 21.8. The van der Waals surface area contributed by atoms with E-state index in [2.05, 4.69) is 5.32 Å². The first kappa shape index (κ1) is 24.6. The molecule has 0 aliphatic rings. The molecular formula is C28H27FN2O3S. The number of benzene rings is 3. The number of amides is 2. The molecule has 0 spiro atoms. The Morgan fingerprint density at radius 1 is 1.06 bits per heavy atom. The van der Waals surface area contributed by atoms with Crippen molar-refractivity contribution < 1.29 is 18.7 Å². The van der Waals surface area contributed by atoms with Crippen molar-refractivity contribution in [1.82, 2.24) is 4.90 Å². The molecule has 1 aromatic heterocycles. The lowest BCUT2D eigenvalue weighted by Crippen LogP contribution is -2.33. The number of hydrogen-bond donors (Lipinski definition) is 1. The molecule has 4 rings (SSSR count). The Balaban J connectivity index is 1.79. The summed E-state index contributed by atoms with van der Waals surface area (Å²) >= 11 is 1.28. The molecule has 0 bridgehead atoms. The van der Waals surface area contributed by atoms with Crippen LogP contribution in [0, 0.1) is 5.82 Å². The van der Waals surface area contributed by atoms with Gasteiger partial charge in [0, 0.05) is 41.9 Å². The fraction of sp³-hybridized carbons (Fsp3) is 0.214. The summed E-state index contributed by atoms with van der Waals surface area (Å²) < 4.78 is 20.8. The van der Waals surface area contributed by atoms with E-state index in [1.807, 2.05) is 67.6 Å². The SMILES string of the molecule is COCc1c(C(=O)N(Cc2ccccc2)C(C)c2cccc(NC(C)=O)c2)sc2cccc(F)c12. The summed E-state index contributed by atoms with van der Waals surface area (Å²) in [7, 11) is 1.54. The summed E-state index contributed by atoms with van der Waals surface area (Å²) in [4.78, 5) is 27.9. The first-order chi connectivity index (χ1) is 16.9. The minimum Gasteiger partial charge on any atom is -0.380 e. The Labute approximate surface area is 208 Å². The second kappa shape index (κ2) is 10.8. The molecule has 1 atom stereocenters. The van der Waals surface area contributed by atoms with Crippen LogP contribution in [-0.2, 0) is 22.7 Å². The predicted octanol–water partition coefficient (Wildman–Crippen LogP) is 6.55. The minimum absolute atomic E-state index is 0.133. The highest BCUT2D eigenvalue weighted by Gasteiger charge is 2.28. The third kappa shape index (κ3) is 5.42. The van der Waals surface area contributed by atoms with Gasteiger partial charge in [-0.2, -0.15) is 0 Å². The molecule has 0 aliphatic carbocycles. The van der Waals surface area contributed by atoms with Gasteiger partial charge >= 0.3 is 0 Å². The average Bonchev–Trinajstić information content (AvgIpc) is 3.22. The van der Waals surface area contributed by atoms with Crippen molar-refractivity contribution in [1.29, 1.82) is 0 Å². The third-order valence-corrected chi connectivity index (χ3v) is 7.04. The van der Waals surface area contributed by atoms with Crippen molar-refractivity contribution in [2.45, 2.75) is 33.0 Å². The molecule has 0 aliphatic heterocycles. The number of thiophene rings is 1. The maximum absolute atomic E-state index is 14.8. The fourth-order valence-electron chi connectivity index (χ4n) is 4.18. The van der Waals surface area contributed by atoms with E-state index in [-0.39, 0.29) is 30.3 Å². The van der Waals surface area contributed by atoms with E-state index >= 15 is 0 Å². The van der Waals surface area contributed by atoms with E-state index in [9.17, 15) is 14.0 Å². The summed E-state index contributed by atoms with van der Waals surface area (Å²) in [5, 5.41) is 3.23. The third-order valence-electron chi connectivity index (χ3n) is 5.86. The summed E-state index contributed by atoms with van der Waals surface area (Å²) in [5.74, 6) is -0.724. The molecule has 1 N–H and O–H groups in total. The number of nitrogens with one attached hydrogen (secondary N) is 1. The van der Waals surface area contributed by atoms with E-state index in [1.165, 1.54) is 31.4 Å². The quantitative estimate of drug-likeness (QED) is 0.305. The van der Waals surface area contributed by atoms with Crippen LogP contribution < -0.4 is 5.32 Å². The Bertz CT molecular complexity index is 1350. The lowest BCUT2D eigenvalue weighted by molar-refractivity contribution is -0.114. The van der Waals surface area contributed by atoms with E-state index in [1.54, 1.807) is 11.0 Å². The smallest absolute Gasteiger partial charge is 0.265 e. The second-order valence-electron chi connectivity index (χ2n) is 8.36. The molecule has 0 saturated carbocycles. The summed E-state index contributed by atoms with van der Waals surface area (Å²) in [6.07, 6.45) is 0. The Morgan fingerprint density at radius 2 is 1.80 bits per heavy atom. The zero-order chi connectivity index (χ0) is 24.9. The maximum Gasteiger partial charge on any atom is 0.265 e. The lowest BCUT2D eigenvalue weighted by atomic mass is 10.0. The van der Waals surface area contributed by atoms with E-state index in [0.717, 1.165) is 11.1 Å². The van der Waals surface area contributed by atoms with Crippen LogP contribution in [0.25, 0.3) is 10.1 Å². The molecule has 1 unspecified atom stereocenters. The van der Waals surface area contributed by atoms with Crippen molar-refractivity contribution in [2.75, 3.05) is 12.4 Å². The highest BCUT2D eigenvalue weighted by Crippen LogP contribution is 2.36. The number of carbonyl (C=O) groups excluding carboxylic acids is 2. The van der Waals surface area contributed by atoms with Crippen molar-refractivity contribution in [3.63, 3.8) is 0 Å². The number of anilines is 1. The van der Waals surface area contributed by atoms with Gasteiger partial charge in [-0.25, -0.2) is 4.39 Å². The number of nitrogens with zero attached hydrogens (tertiary/aromatic N) is 1. The number of hydrogen-bond acceptors (Lipinski definition) is 4. The van der Waals surface area contributed by atoms with Crippen LogP contribution in [0.15, 0.2) is 72.8 Å². The van der Waals surface area contributed by atoms with Crippen molar-refractivity contribution in [3.05, 3.63) is 100 Å². The molecule has 1 heterocycles. The molecule has 7 heteroatoms. The normalized spacial score (nSPS) is 11.9. The van der Waals surface area contributed by atoms with Crippen LogP contribution in [0.2, 0.25) is 0 Å². The first-order valence-corrected chi connectivity index (χ1v) is 12.1. The van der Waals surface area contributed by atoms with E-state index in [4.69, 9.17) is 4.74 Å². The van der Waals surface area contributed by atoms with Gasteiger partial charge < -0.3 is 15.0 Å². The van der Waals surface area contributed by atoms with Gasteiger partial charge in [0.2, 0.25) is 5.91 Å². The van der Waals surface area contributed by atoms with Crippen LogP contribution in [0.1, 0.15) is 46.3 Å². The number of rotatable bonds is 8. The average molecular weight is 491 g/mol. The Hall–Kier alpha value is -3.55. The van der Waals surface area contributed by atoms with Gasteiger partial charge in [0.05, 0.1) is 17.5 Å². The van der Waals surface area contributed by atoms with Gasteiger partial charge in [-0.1, -0.05) is 48.5 Å². The molecule has 2 amide bonds. The molecule has 0 fully saturated rings. The maximum atomic E-state index is 14.8. The van der Waals surface area contributed by atoms with E-state index < -0.39 is 0 Å². The molecule has 4 aromatic rings. The lowest BCUT2D eigenvalue weighted by Gasteiger charge is -2.30. The number of carbonyl (C=O) groups is 2. The van der Waals surface area contributed by atoms with Gasteiger partial charge in [0.25, 0.3) is 5.91 Å². The molecule has 3 aromatic carbocycles. The molecule has 0 radical (unpaired) electrons. The van der Waals surface area contributed by atoms with Crippen LogP contribution in [-0.4, -0.2) is 23.8 Å². The Kier molecular flexibility index (Phi) is 7.58. The van der Waals surface area contributed by atoms with Crippen LogP contribution in [0.5, 0.6) is 0 Å². The first-order valence-electron chi connectivity index (χ1n) is 11.3. The second-order valence-corrected chi connectivity index (χ2v) is 9.41. The zero-order valence-corrected chi connectivity index (χ0v) is 20.7. The molecule has 0 saturated heterocycles. The molecular weight excluding hydrogens is 463 g/mol. The van der Waals surface area contributed by atoms with Crippen molar-refractivity contribution >= 4 is 38.9 Å². The van der Waals surface area contributed by atoms with Gasteiger partial charge in [0.1, 0.15) is 5.82 Å². The highest BCUT2D eigenvalue weighted by atomic mass is 32.1. The topological polar surface area (TPSA) is 58.6 Å². The minimum atomic E-state index is -0.365. The molecule has 5 nitrogen and oxygen atoms in total. The van der Waals surface area contributed by atoms with Gasteiger partial charge in [0.15, 0.2) is 0 Å². The standard InChI is InChI=1S/C28H27FN2O3S/c1-18(21-11-7-12-22(15-21)30-19(2)32)31(16-20-9-5-4-6-10-20)28(33)27-23(17-34-3)26-24(29)13-8-14-25(26)35-27/h4-15,18H,16-17H2,1-3H3,(H,30,32). The molecule has 35 heavy (non-hydrogen) atoms. The largest absolute Gasteiger partial charge is 0.380 e. The van der Waals surface area contributed by atoms with Crippen LogP contribution >= 0.6 is 11.3 Å². The summed E-state index contributed by atoms with van der Waals surface area (Å²) in [6.45, 7) is 3.92. The molecule has 180 valence electrons. The van der Waals surface area contributed by atoms with Gasteiger partial charge in [-0.15, -0.1) is 11.3 Å². The number of ether oxygens (including phenoxy) is 1. The van der Waals surface area contributed by atoms with E-state index in [0.29, 0.717) is 32.8 Å². The van der Waals surface area contributed by atoms with Crippen molar-refractivity contribution in [2.24, 2.45) is 0 Å². The Morgan fingerprint density at radius 3 is 2.51 bits per heavy atom. The van der Waals surface area contributed by atoms with Gasteiger partial charge in [-0.05, 0) is 42.3 Å². The fourth-order valence-corrected chi connectivity index (χ4v) is 5.35. The highest BCUT2D eigenvalue weighted by molar-refractivity contribution is 7.21. The number of methoxy groups -OCH3 is 1. The number of halogens is 1. The van der Waals surface area contributed by atoms with Crippen LogP contribution in [0.4, 0.5) is 10.1 Å². The van der Waals surface area contributed by atoms with Crippen molar-refractivity contribution in [3.8, 4) is 0 Å². The predicted molar refractivity (Wildman–Crippen MR) is 138 cm³/mol. The number of fused-ring (bicyclic) bond motifs is 1.